The second kappa shape index (κ2) is 5.99. The summed E-state index contributed by atoms with van der Waals surface area (Å²) in [6.07, 6.45) is 4.96. The lowest BCUT2D eigenvalue weighted by Gasteiger charge is -2.11. The molecule has 2 aromatic rings. The van der Waals surface area contributed by atoms with Gasteiger partial charge in [-0.1, -0.05) is 0 Å². The smallest absolute Gasteiger partial charge is 0.255 e. The third kappa shape index (κ3) is 3.31. The summed E-state index contributed by atoms with van der Waals surface area (Å²) in [4.78, 5) is 23.3. The third-order valence-corrected chi connectivity index (χ3v) is 2.62. The molecule has 0 bridgehead atoms. The number of rotatable bonds is 5. The Balaban J connectivity index is 2.09. The Morgan fingerprint density at radius 3 is 2.95 bits per heavy atom. The molecule has 0 radical (unpaired) electrons. The zero-order valence-electron chi connectivity index (χ0n) is 11.0. The number of hydrogen-bond acceptors (Lipinski definition) is 4. The van der Waals surface area contributed by atoms with Crippen molar-refractivity contribution in [2.75, 3.05) is 11.9 Å². The van der Waals surface area contributed by atoms with Crippen molar-refractivity contribution in [3.8, 4) is 0 Å². The van der Waals surface area contributed by atoms with Crippen LogP contribution in [0.2, 0.25) is 0 Å². The molecule has 6 heteroatoms. The van der Waals surface area contributed by atoms with E-state index in [0.29, 0.717) is 12.1 Å². The molecule has 1 amide bonds. The van der Waals surface area contributed by atoms with Crippen LogP contribution in [0.4, 0.5) is 5.69 Å². The fraction of sp³-hybridized carbons (Fsp3) is 0.308. The molecule has 2 aromatic heterocycles. The second-order valence-corrected chi connectivity index (χ2v) is 4.12. The van der Waals surface area contributed by atoms with Crippen LogP contribution in [0.5, 0.6) is 0 Å². The zero-order valence-corrected chi connectivity index (χ0v) is 11.0. The van der Waals surface area contributed by atoms with Crippen molar-refractivity contribution in [1.82, 2.24) is 20.3 Å². The highest BCUT2D eigenvalue weighted by Crippen LogP contribution is 2.15. The predicted molar refractivity (Wildman–Crippen MR) is 72.9 cm³/mol. The standard InChI is InChI=1S/C13H17N5O/c1-3-14-11-6-9(2)17-7-10(11)13(19)18-8-12-15-4-5-16-12/h4-7H,3,8H2,1-2H3,(H,14,17)(H,15,16)(H,18,19). The van der Waals surface area contributed by atoms with Crippen LogP contribution in [0, 0.1) is 6.92 Å². The van der Waals surface area contributed by atoms with Crippen molar-refractivity contribution >= 4 is 11.6 Å². The molecule has 0 unspecified atom stereocenters. The number of hydrogen-bond donors (Lipinski definition) is 3. The summed E-state index contributed by atoms with van der Waals surface area (Å²) < 4.78 is 0. The molecule has 19 heavy (non-hydrogen) atoms. The Kier molecular flexibility index (Phi) is 4.12. The van der Waals surface area contributed by atoms with Crippen LogP contribution < -0.4 is 10.6 Å². The van der Waals surface area contributed by atoms with E-state index < -0.39 is 0 Å². The summed E-state index contributed by atoms with van der Waals surface area (Å²) in [5.74, 6) is 0.554. The van der Waals surface area contributed by atoms with Crippen LogP contribution in [0.15, 0.2) is 24.7 Å². The molecule has 2 heterocycles. The van der Waals surface area contributed by atoms with Gasteiger partial charge >= 0.3 is 0 Å². The van der Waals surface area contributed by atoms with Crippen LogP contribution in [0.25, 0.3) is 0 Å². The van der Waals surface area contributed by atoms with Gasteiger partial charge in [0, 0.05) is 30.8 Å². The molecule has 2 rings (SSSR count). The Morgan fingerprint density at radius 2 is 2.26 bits per heavy atom. The summed E-state index contributed by atoms with van der Waals surface area (Å²) >= 11 is 0. The molecule has 6 nitrogen and oxygen atoms in total. The van der Waals surface area contributed by atoms with Crippen molar-refractivity contribution < 1.29 is 4.79 Å². The quantitative estimate of drug-likeness (QED) is 0.759. The monoisotopic (exact) mass is 259 g/mol. The Morgan fingerprint density at radius 1 is 1.42 bits per heavy atom. The predicted octanol–water partition coefficient (Wildman–Crippen LogP) is 1.47. The van der Waals surface area contributed by atoms with E-state index in [4.69, 9.17) is 0 Å². The van der Waals surface area contributed by atoms with Crippen molar-refractivity contribution in [2.24, 2.45) is 0 Å². The maximum atomic E-state index is 12.1. The summed E-state index contributed by atoms with van der Waals surface area (Å²) in [6, 6.07) is 1.87. The summed E-state index contributed by atoms with van der Waals surface area (Å²) in [6.45, 7) is 5.00. The Bertz CT molecular complexity index is 550. The topological polar surface area (TPSA) is 82.7 Å². The van der Waals surface area contributed by atoms with Crippen LogP contribution in [0.3, 0.4) is 0 Å². The van der Waals surface area contributed by atoms with Crippen molar-refractivity contribution in [2.45, 2.75) is 20.4 Å². The molecule has 0 aliphatic rings. The van der Waals surface area contributed by atoms with E-state index in [1.807, 2.05) is 19.9 Å². The number of anilines is 1. The maximum Gasteiger partial charge on any atom is 0.255 e. The first-order valence-electron chi connectivity index (χ1n) is 6.17. The molecular formula is C13H17N5O. The summed E-state index contributed by atoms with van der Waals surface area (Å²) in [5, 5.41) is 5.97. The van der Waals surface area contributed by atoms with Gasteiger partial charge in [-0.25, -0.2) is 4.98 Å². The first kappa shape index (κ1) is 13.1. The average molecular weight is 259 g/mol. The molecule has 0 aliphatic heterocycles. The van der Waals surface area contributed by atoms with Gasteiger partial charge in [0.1, 0.15) is 5.82 Å². The number of imidazole rings is 1. The largest absolute Gasteiger partial charge is 0.385 e. The van der Waals surface area contributed by atoms with Crippen LogP contribution >= 0.6 is 0 Å². The lowest BCUT2D eigenvalue weighted by molar-refractivity contribution is 0.0950. The zero-order chi connectivity index (χ0) is 13.7. The van der Waals surface area contributed by atoms with Gasteiger partial charge in [0.15, 0.2) is 0 Å². The Hall–Kier alpha value is -2.37. The molecule has 0 aromatic carbocycles. The molecule has 0 fully saturated rings. The van der Waals surface area contributed by atoms with Crippen molar-refractivity contribution in [3.05, 3.63) is 41.7 Å². The lowest BCUT2D eigenvalue weighted by atomic mass is 10.2. The van der Waals surface area contributed by atoms with Gasteiger partial charge < -0.3 is 15.6 Å². The van der Waals surface area contributed by atoms with E-state index >= 15 is 0 Å². The van der Waals surface area contributed by atoms with Crippen molar-refractivity contribution in [3.63, 3.8) is 0 Å². The molecule has 3 N–H and O–H groups in total. The molecular weight excluding hydrogens is 242 g/mol. The normalized spacial score (nSPS) is 10.2. The Labute approximate surface area is 111 Å². The van der Waals surface area contributed by atoms with E-state index in [0.717, 1.165) is 23.8 Å². The number of aromatic nitrogens is 3. The third-order valence-electron chi connectivity index (χ3n) is 2.62. The first-order valence-corrected chi connectivity index (χ1v) is 6.17. The number of nitrogens with zero attached hydrogens (tertiary/aromatic N) is 2. The lowest BCUT2D eigenvalue weighted by Crippen LogP contribution is -2.24. The van der Waals surface area contributed by atoms with E-state index in [9.17, 15) is 4.79 Å². The average Bonchev–Trinajstić information content (AvgIpc) is 2.90. The highest BCUT2D eigenvalue weighted by Gasteiger charge is 2.12. The number of aromatic amines is 1. The number of amides is 1. The summed E-state index contributed by atoms with van der Waals surface area (Å²) in [7, 11) is 0. The van der Waals surface area contributed by atoms with E-state index in [1.165, 1.54) is 0 Å². The summed E-state index contributed by atoms with van der Waals surface area (Å²) in [5.41, 5.74) is 2.21. The maximum absolute atomic E-state index is 12.1. The minimum absolute atomic E-state index is 0.167. The van der Waals surface area contributed by atoms with E-state index in [1.54, 1.807) is 18.6 Å². The number of carbonyl (C=O) groups is 1. The minimum Gasteiger partial charge on any atom is -0.385 e. The number of H-pyrrole nitrogens is 1. The second-order valence-electron chi connectivity index (χ2n) is 4.12. The SMILES string of the molecule is CCNc1cc(C)ncc1C(=O)NCc1ncc[nH]1. The van der Waals surface area contributed by atoms with E-state index in [2.05, 4.69) is 25.6 Å². The van der Waals surface area contributed by atoms with Gasteiger partial charge in [0.2, 0.25) is 0 Å². The van der Waals surface area contributed by atoms with Crippen LogP contribution in [-0.2, 0) is 6.54 Å². The minimum atomic E-state index is -0.167. The van der Waals surface area contributed by atoms with Crippen molar-refractivity contribution in [1.29, 1.82) is 0 Å². The van der Waals surface area contributed by atoms with E-state index in [-0.39, 0.29) is 5.91 Å². The number of pyridine rings is 1. The fourth-order valence-corrected chi connectivity index (χ4v) is 1.73. The van der Waals surface area contributed by atoms with Gasteiger partial charge in [-0.05, 0) is 19.9 Å². The molecule has 0 saturated carbocycles. The van der Waals surface area contributed by atoms with Gasteiger partial charge in [-0.2, -0.15) is 0 Å². The van der Waals surface area contributed by atoms with Gasteiger partial charge in [-0.15, -0.1) is 0 Å². The molecule has 100 valence electrons. The van der Waals surface area contributed by atoms with Gasteiger partial charge in [0.05, 0.1) is 17.8 Å². The van der Waals surface area contributed by atoms with Crippen LogP contribution in [0.1, 0.15) is 28.8 Å². The van der Waals surface area contributed by atoms with Gasteiger partial charge in [0.25, 0.3) is 5.91 Å². The number of carbonyl (C=O) groups excluding carboxylic acids is 1. The number of nitrogens with one attached hydrogen (secondary N) is 3. The number of aryl methyl sites for hydroxylation is 1. The molecule has 0 spiro atoms. The molecule has 0 saturated heterocycles. The molecule has 0 atom stereocenters. The highest BCUT2D eigenvalue weighted by atomic mass is 16.1. The highest BCUT2D eigenvalue weighted by molar-refractivity contribution is 5.99. The molecule has 0 aliphatic carbocycles. The van der Waals surface area contributed by atoms with Gasteiger partial charge in [-0.3, -0.25) is 9.78 Å². The fourth-order valence-electron chi connectivity index (χ4n) is 1.73. The van der Waals surface area contributed by atoms with Crippen LogP contribution in [-0.4, -0.2) is 27.4 Å². The first-order chi connectivity index (χ1) is 9.20.